The topological polar surface area (TPSA) is 111 Å². The number of aromatic amines is 1. The van der Waals surface area contributed by atoms with Crippen molar-refractivity contribution in [3.05, 3.63) is 101 Å². The van der Waals surface area contributed by atoms with E-state index in [1.54, 1.807) is 66.7 Å². The van der Waals surface area contributed by atoms with Gasteiger partial charge in [-0.1, -0.05) is 35.9 Å². The van der Waals surface area contributed by atoms with Crippen LogP contribution in [0, 0.1) is 6.92 Å². The molecule has 0 aliphatic heterocycles. The summed E-state index contributed by atoms with van der Waals surface area (Å²) >= 11 is 0. The van der Waals surface area contributed by atoms with Crippen molar-refractivity contribution in [2.75, 3.05) is 5.73 Å². The van der Waals surface area contributed by atoms with E-state index in [4.69, 9.17) is 5.73 Å². The molecule has 0 radical (unpaired) electrons. The first kappa shape index (κ1) is 20.7. The Kier molecular flexibility index (Phi) is 4.87. The molecule has 8 heteroatoms. The standard InChI is InChI=1S/C25H20N4O3S/c1-16-2-9-21(10-3-16)33(31,32)29-13-12-19-14-18(6-11-24(19)29)22-15-23(27-28-25(22)30)17-4-7-20(26)8-5-17/h2-15H,26H2,1H3,(H,28,30). The Hall–Kier alpha value is -4.17. The van der Waals surface area contributed by atoms with E-state index < -0.39 is 10.0 Å². The molecule has 0 aliphatic rings. The first-order chi connectivity index (χ1) is 15.8. The summed E-state index contributed by atoms with van der Waals surface area (Å²) in [5, 5.41) is 7.39. The molecule has 0 amide bonds. The van der Waals surface area contributed by atoms with Crippen LogP contribution in [0.3, 0.4) is 0 Å². The maximum atomic E-state index is 13.1. The molecule has 5 aromatic rings. The van der Waals surface area contributed by atoms with Crippen molar-refractivity contribution in [3.63, 3.8) is 0 Å². The summed E-state index contributed by atoms with van der Waals surface area (Å²) < 4.78 is 27.5. The normalized spacial score (nSPS) is 11.7. The number of nitrogens with one attached hydrogen (secondary N) is 1. The molecule has 0 bridgehead atoms. The van der Waals surface area contributed by atoms with Gasteiger partial charge in [-0.25, -0.2) is 17.5 Å². The highest BCUT2D eigenvalue weighted by Gasteiger charge is 2.19. The summed E-state index contributed by atoms with van der Waals surface area (Å²) in [6.45, 7) is 1.91. The number of nitrogens with zero attached hydrogens (tertiary/aromatic N) is 2. The van der Waals surface area contributed by atoms with Crippen molar-refractivity contribution in [1.29, 1.82) is 0 Å². The number of hydrogen-bond acceptors (Lipinski definition) is 5. The number of aromatic nitrogens is 3. The van der Waals surface area contributed by atoms with Crippen LogP contribution in [0.15, 0.2) is 94.7 Å². The van der Waals surface area contributed by atoms with Crippen LogP contribution in [-0.2, 0) is 10.0 Å². The van der Waals surface area contributed by atoms with Gasteiger partial charge in [-0.05, 0) is 61.0 Å². The maximum Gasteiger partial charge on any atom is 0.272 e. The van der Waals surface area contributed by atoms with Gasteiger partial charge < -0.3 is 5.73 Å². The largest absolute Gasteiger partial charge is 0.399 e. The van der Waals surface area contributed by atoms with Crippen molar-refractivity contribution < 1.29 is 8.42 Å². The SMILES string of the molecule is Cc1ccc(S(=O)(=O)n2ccc3cc(-c4cc(-c5ccc(N)cc5)n[nH]c4=O)ccc32)cc1. The highest BCUT2D eigenvalue weighted by atomic mass is 32.2. The Bertz CT molecular complexity index is 1650. The Morgan fingerprint density at radius 1 is 0.879 bits per heavy atom. The monoisotopic (exact) mass is 456 g/mol. The van der Waals surface area contributed by atoms with Crippen LogP contribution in [-0.4, -0.2) is 22.6 Å². The fourth-order valence-electron chi connectivity index (χ4n) is 3.74. The molecule has 7 nitrogen and oxygen atoms in total. The second-order valence-corrected chi connectivity index (χ2v) is 9.64. The summed E-state index contributed by atoms with van der Waals surface area (Å²) in [4.78, 5) is 12.7. The number of rotatable bonds is 4. The van der Waals surface area contributed by atoms with E-state index in [9.17, 15) is 13.2 Å². The fourth-order valence-corrected chi connectivity index (χ4v) is 5.09. The second-order valence-electron chi connectivity index (χ2n) is 7.82. The average molecular weight is 457 g/mol. The van der Waals surface area contributed by atoms with Crippen LogP contribution in [0.1, 0.15) is 5.56 Å². The van der Waals surface area contributed by atoms with E-state index in [2.05, 4.69) is 10.2 Å². The van der Waals surface area contributed by atoms with Crippen molar-refractivity contribution in [2.45, 2.75) is 11.8 Å². The molecule has 0 aliphatic carbocycles. The predicted molar refractivity (Wildman–Crippen MR) is 129 cm³/mol. The summed E-state index contributed by atoms with van der Waals surface area (Å²) in [5.41, 5.74) is 10.1. The first-order valence-electron chi connectivity index (χ1n) is 10.2. The van der Waals surface area contributed by atoms with Gasteiger partial charge >= 0.3 is 0 Å². The van der Waals surface area contributed by atoms with Gasteiger partial charge in [0, 0.05) is 22.8 Å². The van der Waals surface area contributed by atoms with Crippen LogP contribution in [0.4, 0.5) is 5.69 Å². The molecule has 5 rings (SSSR count). The minimum atomic E-state index is -3.74. The van der Waals surface area contributed by atoms with Crippen LogP contribution >= 0.6 is 0 Å². The van der Waals surface area contributed by atoms with Gasteiger partial charge in [0.05, 0.1) is 21.7 Å². The average Bonchev–Trinajstić information content (AvgIpc) is 3.24. The Morgan fingerprint density at radius 2 is 1.58 bits per heavy atom. The number of hydrogen-bond donors (Lipinski definition) is 2. The highest BCUT2D eigenvalue weighted by Crippen LogP contribution is 2.28. The summed E-state index contributed by atoms with van der Waals surface area (Å²) in [5.74, 6) is 0. The van der Waals surface area contributed by atoms with Crippen LogP contribution < -0.4 is 11.3 Å². The zero-order valence-electron chi connectivity index (χ0n) is 17.7. The lowest BCUT2D eigenvalue weighted by Crippen LogP contribution is -2.12. The van der Waals surface area contributed by atoms with Gasteiger partial charge in [-0.3, -0.25) is 4.79 Å². The zero-order chi connectivity index (χ0) is 23.2. The quantitative estimate of drug-likeness (QED) is 0.394. The smallest absolute Gasteiger partial charge is 0.272 e. The van der Waals surface area contributed by atoms with Crippen LogP contribution in [0.25, 0.3) is 33.3 Å². The molecular weight excluding hydrogens is 436 g/mol. The van der Waals surface area contributed by atoms with Crippen molar-refractivity contribution in [2.24, 2.45) is 0 Å². The number of nitrogens with two attached hydrogens (primary N) is 1. The molecule has 33 heavy (non-hydrogen) atoms. The van der Waals surface area contributed by atoms with E-state index in [-0.39, 0.29) is 10.5 Å². The lowest BCUT2D eigenvalue weighted by Gasteiger charge is -2.09. The highest BCUT2D eigenvalue weighted by molar-refractivity contribution is 7.90. The molecule has 0 saturated heterocycles. The molecule has 0 fully saturated rings. The second kappa shape index (κ2) is 7.75. The molecule has 164 valence electrons. The number of aryl methyl sites for hydroxylation is 1. The number of fused-ring (bicyclic) bond motifs is 1. The molecule has 0 saturated carbocycles. The molecule has 3 N–H and O–H groups in total. The summed E-state index contributed by atoms with van der Waals surface area (Å²) in [6.07, 6.45) is 1.53. The van der Waals surface area contributed by atoms with Gasteiger partial charge in [0.15, 0.2) is 0 Å². The van der Waals surface area contributed by atoms with Gasteiger partial charge in [0.2, 0.25) is 0 Å². The summed E-state index contributed by atoms with van der Waals surface area (Å²) in [6, 6.07) is 22.6. The third-order valence-corrected chi connectivity index (χ3v) is 7.26. The lowest BCUT2D eigenvalue weighted by molar-refractivity contribution is 0.589. The number of anilines is 1. The third-order valence-electron chi connectivity index (χ3n) is 5.55. The molecule has 0 unspecified atom stereocenters. The first-order valence-corrected chi connectivity index (χ1v) is 11.7. The Labute approximate surface area is 190 Å². The zero-order valence-corrected chi connectivity index (χ0v) is 18.5. The molecular formula is C25H20N4O3S. The number of benzene rings is 3. The molecule has 0 spiro atoms. The van der Waals surface area contributed by atoms with E-state index >= 15 is 0 Å². The van der Waals surface area contributed by atoms with E-state index in [1.807, 2.05) is 19.1 Å². The third kappa shape index (κ3) is 3.70. The van der Waals surface area contributed by atoms with E-state index in [1.165, 1.54) is 10.2 Å². The minimum absolute atomic E-state index is 0.216. The van der Waals surface area contributed by atoms with Crippen LogP contribution in [0.2, 0.25) is 0 Å². The number of nitrogen functional groups attached to an aromatic ring is 1. The molecule has 3 aromatic carbocycles. The maximum absolute atomic E-state index is 13.1. The van der Waals surface area contributed by atoms with Gasteiger partial charge in [-0.2, -0.15) is 5.10 Å². The Morgan fingerprint density at radius 3 is 2.30 bits per heavy atom. The fraction of sp³-hybridized carbons (Fsp3) is 0.0400. The van der Waals surface area contributed by atoms with Crippen LogP contribution in [0.5, 0.6) is 0 Å². The van der Waals surface area contributed by atoms with Crippen molar-refractivity contribution in [3.8, 4) is 22.4 Å². The molecule has 2 aromatic heterocycles. The van der Waals surface area contributed by atoms with E-state index in [0.29, 0.717) is 33.4 Å². The van der Waals surface area contributed by atoms with Crippen molar-refractivity contribution in [1.82, 2.24) is 14.2 Å². The van der Waals surface area contributed by atoms with Crippen molar-refractivity contribution >= 4 is 26.6 Å². The summed E-state index contributed by atoms with van der Waals surface area (Å²) in [7, 11) is -3.74. The predicted octanol–water partition coefficient (Wildman–Crippen LogP) is 4.19. The van der Waals surface area contributed by atoms with E-state index in [0.717, 1.165) is 11.1 Å². The lowest BCUT2D eigenvalue weighted by atomic mass is 10.0. The number of H-pyrrole nitrogens is 1. The van der Waals surface area contributed by atoms with Gasteiger partial charge in [0.25, 0.3) is 15.6 Å². The molecule has 0 atom stereocenters. The Balaban J connectivity index is 1.58. The van der Waals surface area contributed by atoms with Gasteiger partial charge in [-0.15, -0.1) is 0 Å². The molecule has 2 heterocycles. The minimum Gasteiger partial charge on any atom is -0.399 e. The van der Waals surface area contributed by atoms with Gasteiger partial charge in [0.1, 0.15) is 0 Å².